The molecular formula is C18H29N3O3S. The molecule has 1 heterocycles. The Morgan fingerprint density at radius 3 is 2.40 bits per heavy atom. The van der Waals surface area contributed by atoms with E-state index in [0.29, 0.717) is 25.2 Å². The number of carbonyl (C=O) groups excluding carboxylic acids is 1. The van der Waals surface area contributed by atoms with E-state index in [2.05, 4.69) is 5.32 Å². The van der Waals surface area contributed by atoms with E-state index in [4.69, 9.17) is 0 Å². The Labute approximate surface area is 151 Å². The molecule has 0 unspecified atom stereocenters. The van der Waals surface area contributed by atoms with Gasteiger partial charge in [0.15, 0.2) is 0 Å². The molecule has 1 aromatic carbocycles. The molecule has 1 saturated heterocycles. The molecule has 1 aliphatic rings. The molecule has 0 saturated carbocycles. The van der Waals surface area contributed by atoms with Gasteiger partial charge in [-0.2, -0.15) is 4.31 Å². The van der Waals surface area contributed by atoms with Crippen molar-refractivity contribution in [2.75, 3.05) is 40.3 Å². The van der Waals surface area contributed by atoms with Crippen molar-refractivity contribution < 1.29 is 13.2 Å². The second-order valence-electron chi connectivity index (χ2n) is 6.85. The first kappa shape index (κ1) is 19.9. The topological polar surface area (TPSA) is 69.7 Å². The van der Waals surface area contributed by atoms with Crippen LogP contribution >= 0.6 is 0 Å². The lowest BCUT2D eigenvalue weighted by Crippen LogP contribution is -2.33. The van der Waals surface area contributed by atoms with Crippen molar-refractivity contribution in [2.45, 2.75) is 37.5 Å². The molecular weight excluding hydrogens is 338 g/mol. The quantitative estimate of drug-likeness (QED) is 0.833. The third kappa shape index (κ3) is 5.26. The van der Waals surface area contributed by atoms with Crippen LogP contribution in [0.5, 0.6) is 0 Å². The number of nitrogens with zero attached hydrogens (tertiary/aromatic N) is 2. The maximum atomic E-state index is 12.9. The first-order valence-electron chi connectivity index (χ1n) is 8.86. The van der Waals surface area contributed by atoms with Crippen LogP contribution < -0.4 is 5.32 Å². The number of hydrogen-bond donors (Lipinski definition) is 1. The van der Waals surface area contributed by atoms with Gasteiger partial charge in [-0.1, -0.05) is 18.9 Å². The zero-order valence-corrected chi connectivity index (χ0v) is 16.2. The predicted octanol–water partition coefficient (Wildman–Crippen LogP) is 1.85. The Morgan fingerprint density at radius 1 is 1.16 bits per heavy atom. The molecule has 0 radical (unpaired) electrons. The summed E-state index contributed by atoms with van der Waals surface area (Å²) in [5.74, 6) is -0.229. The van der Waals surface area contributed by atoms with E-state index >= 15 is 0 Å². The molecule has 1 aliphatic heterocycles. The third-order valence-electron chi connectivity index (χ3n) is 4.50. The molecule has 1 fully saturated rings. The van der Waals surface area contributed by atoms with Crippen LogP contribution in [0.25, 0.3) is 0 Å². The molecule has 0 spiro atoms. The normalized spacial score (nSPS) is 16.6. The van der Waals surface area contributed by atoms with Gasteiger partial charge in [0.2, 0.25) is 10.0 Å². The monoisotopic (exact) mass is 367 g/mol. The summed E-state index contributed by atoms with van der Waals surface area (Å²) in [5.41, 5.74) is 1.20. The van der Waals surface area contributed by atoms with Crippen LogP contribution in [0, 0.1) is 6.92 Å². The minimum Gasteiger partial charge on any atom is -0.351 e. The lowest BCUT2D eigenvalue weighted by Gasteiger charge is -2.20. The molecule has 0 atom stereocenters. The van der Waals surface area contributed by atoms with Crippen molar-refractivity contribution in [2.24, 2.45) is 0 Å². The summed E-state index contributed by atoms with van der Waals surface area (Å²) in [6.07, 6.45) is 3.92. The highest BCUT2D eigenvalue weighted by molar-refractivity contribution is 7.89. The highest BCUT2D eigenvalue weighted by Crippen LogP contribution is 2.22. The summed E-state index contributed by atoms with van der Waals surface area (Å²) in [5, 5.41) is 2.85. The van der Waals surface area contributed by atoms with Crippen LogP contribution in [0.4, 0.5) is 0 Å². The van der Waals surface area contributed by atoms with Gasteiger partial charge in [0.05, 0.1) is 4.90 Å². The molecule has 140 valence electrons. The summed E-state index contributed by atoms with van der Waals surface area (Å²) in [6, 6.07) is 4.83. The number of sulfonamides is 1. The predicted molar refractivity (Wildman–Crippen MR) is 99.3 cm³/mol. The van der Waals surface area contributed by atoms with Gasteiger partial charge in [0.25, 0.3) is 5.91 Å². The van der Waals surface area contributed by atoms with Crippen molar-refractivity contribution in [1.82, 2.24) is 14.5 Å². The summed E-state index contributed by atoms with van der Waals surface area (Å²) < 4.78 is 27.4. The van der Waals surface area contributed by atoms with Gasteiger partial charge in [-0.25, -0.2) is 8.42 Å². The summed E-state index contributed by atoms with van der Waals surface area (Å²) in [4.78, 5) is 14.6. The number of nitrogens with one attached hydrogen (secondary N) is 1. The van der Waals surface area contributed by atoms with E-state index in [-0.39, 0.29) is 10.8 Å². The number of likely N-dealkylation sites (N-methyl/N-ethyl adjacent to an activating group) is 1. The van der Waals surface area contributed by atoms with Gasteiger partial charge in [-0.05, 0) is 51.6 Å². The fourth-order valence-corrected chi connectivity index (χ4v) is 4.47. The van der Waals surface area contributed by atoms with Gasteiger partial charge >= 0.3 is 0 Å². The molecule has 0 aliphatic carbocycles. The van der Waals surface area contributed by atoms with Gasteiger partial charge in [0.1, 0.15) is 0 Å². The number of aryl methyl sites for hydroxylation is 1. The van der Waals surface area contributed by atoms with E-state index < -0.39 is 10.0 Å². The summed E-state index contributed by atoms with van der Waals surface area (Å²) >= 11 is 0. The third-order valence-corrected chi connectivity index (χ3v) is 6.40. The van der Waals surface area contributed by atoms with E-state index in [9.17, 15) is 13.2 Å². The highest BCUT2D eigenvalue weighted by atomic mass is 32.2. The second kappa shape index (κ2) is 8.78. The first-order valence-corrected chi connectivity index (χ1v) is 10.3. The number of carbonyl (C=O) groups is 1. The molecule has 2 rings (SSSR count). The Morgan fingerprint density at radius 2 is 1.80 bits per heavy atom. The van der Waals surface area contributed by atoms with Crippen LogP contribution in [-0.2, 0) is 10.0 Å². The zero-order valence-electron chi connectivity index (χ0n) is 15.4. The lowest BCUT2D eigenvalue weighted by atomic mass is 10.1. The fraction of sp³-hybridized carbons (Fsp3) is 0.611. The average Bonchev–Trinajstić information content (AvgIpc) is 2.84. The Kier molecular flexibility index (Phi) is 6.98. The minimum absolute atomic E-state index is 0.206. The molecule has 1 aromatic rings. The standard InChI is InChI=1S/C18H29N3O3S/c1-15-8-9-16(14-17(15)18(22)19-10-13-20(2)3)25(23,24)21-11-6-4-5-7-12-21/h8-9,14H,4-7,10-13H2,1-3H3,(H,19,22). The van der Waals surface area contributed by atoms with E-state index in [1.54, 1.807) is 16.4 Å². The summed E-state index contributed by atoms with van der Waals surface area (Å²) in [7, 11) is 0.326. The van der Waals surface area contributed by atoms with E-state index in [1.807, 2.05) is 25.9 Å². The minimum atomic E-state index is -3.55. The van der Waals surface area contributed by atoms with Crippen molar-refractivity contribution in [3.8, 4) is 0 Å². The average molecular weight is 368 g/mol. The number of hydrogen-bond acceptors (Lipinski definition) is 4. The number of rotatable bonds is 6. The van der Waals surface area contributed by atoms with Crippen molar-refractivity contribution in [1.29, 1.82) is 0 Å². The van der Waals surface area contributed by atoms with Crippen molar-refractivity contribution in [3.05, 3.63) is 29.3 Å². The van der Waals surface area contributed by atoms with E-state index in [1.165, 1.54) is 6.07 Å². The lowest BCUT2D eigenvalue weighted by molar-refractivity contribution is 0.0950. The van der Waals surface area contributed by atoms with Gasteiger partial charge < -0.3 is 10.2 Å². The Balaban J connectivity index is 2.20. The zero-order chi connectivity index (χ0) is 18.4. The SMILES string of the molecule is Cc1ccc(S(=O)(=O)N2CCCCCC2)cc1C(=O)NCCN(C)C. The van der Waals surface area contributed by atoms with Crippen LogP contribution in [-0.4, -0.2) is 63.8 Å². The molecule has 7 heteroatoms. The molecule has 6 nitrogen and oxygen atoms in total. The van der Waals surface area contributed by atoms with Crippen LogP contribution in [0.1, 0.15) is 41.6 Å². The van der Waals surface area contributed by atoms with Crippen LogP contribution in [0.3, 0.4) is 0 Å². The highest BCUT2D eigenvalue weighted by Gasteiger charge is 2.26. The van der Waals surface area contributed by atoms with E-state index in [0.717, 1.165) is 37.8 Å². The smallest absolute Gasteiger partial charge is 0.251 e. The van der Waals surface area contributed by atoms with Crippen molar-refractivity contribution >= 4 is 15.9 Å². The maximum Gasteiger partial charge on any atom is 0.251 e. The van der Waals surface area contributed by atoms with Crippen LogP contribution in [0.2, 0.25) is 0 Å². The largest absolute Gasteiger partial charge is 0.351 e. The first-order chi connectivity index (χ1) is 11.8. The molecule has 0 bridgehead atoms. The van der Waals surface area contributed by atoms with Gasteiger partial charge in [-0.3, -0.25) is 4.79 Å². The number of benzene rings is 1. The molecule has 25 heavy (non-hydrogen) atoms. The Bertz CT molecular complexity index is 694. The molecule has 0 aromatic heterocycles. The van der Waals surface area contributed by atoms with Crippen molar-refractivity contribution in [3.63, 3.8) is 0 Å². The molecule has 1 amide bonds. The number of amides is 1. The molecule has 1 N–H and O–H groups in total. The van der Waals surface area contributed by atoms with Gasteiger partial charge in [0, 0.05) is 31.7 Å². The Hall–Kier alpha value is -1.44. The van der Waals surface area contributed by atoms with Gasteiger partial charge in [-0.15, -0.1) is 0 Å². The maximum absolute atomic E-state index is 12.9. The second-order valence-corrected chi connectivity index (χ2v) is 8.79. The fourth-order valence-electron chi connectivity index (χ4n) is 2.93. The summed E-state index contributed by atoms with van der Waals surface area (Å²) in [6.45, 7) is 4.19. The van der Waals surface area contributed by atoms with Crippen LogP contribution in [0.15, 0.2) is 23.1 Å².